The number of benzene rings is 1. The number of aromatic nitrogens is 1. The van der Waals surface area contributed by atoms with Gasteiger partial charge < -0.3 is 20.7 Å². The Labute approximate surface area is 179 Å². The van der Waals surface area contributed by atoms with Gasteiger partial charge >= 0.3 is 0 Å². The number of amides is 1. The average Bonchev–Trinajstić information content (AvgIpc) is 3.09. The SMILES string of the molecule is Nc1c(Cl)cc(C(=O)NCC2(F)C3CN(CC4CCOCC4)CC32)c2ncccc12. The molecular weight excluding hydrogens is 407 g/mol. The van der Waals surface area contributed by atoms with E-state index in [-0.39, 0.29) is 24.3 Å². The smallest absolute Gasteiger partial charge is 0.253 e. The number of alkyl halides is 1. The van der Waals surface area contributed by atoms with Crippen LogP contribution in [-0.2, 0) is 4.74 Å². The van der Waals surface area contributed by atoms with Gasteiger partial charge in [0.2, 0.25) is 0 Å². The molecule has 3 aliphatic rings. The summed E-state index contributed by atoms with van der Waals surface area (Å²) in [7, 11) is 0. The van der Waals surface area contributed by atoms with Crippen molar-refractivity contribution in [3.05, 3.63) is 35.0 Å². The number of ether oxygens (including phenoxy) is 1. The number of nitrogen functional groups attached to an aromatic ring is 1. The van der Waals surface area contributed by atoms with E-state index in [1.807, 2.05) is 0 Å². The molecule has 2 unspecified atom stereocenters. The highest BCUT2D eigenvalue weighted by Gasteiger charge is 2.69. The molecule has 5 rings (SSSR count). The van der Waals surface area contributed by atoms with Gasteiger partial charge in [0.05, 0.1) is 28.3 Å². The summed E-state index contributed by atoms with van der Waals surface area (Å²) in [5, 5.41) is 3.69. The van der Waals surface area contributed by atoms with E-state index in [1.165, 1.54) is 6.07 Å². The van der Waals surface area contributed by atoms with Gasteiger partial charge in [0.25, 0.3) is 5.91 Å². The number of piperidine rings is 1. The summed E-state index contributed by atoms with van der Waals surface area (Å²) in [5.41, 5.74) is 5.87. The Hall–Kier alpha value is -1.96. The fraction of sp³-hybridized carbons (Fsp3) is 0.545. The van der Waals surface area contributed by atoms with E-state index in [4.69, 9.17) is 22.1 Å². The lowest BCUT2D eigenvalue weighted by molar-refractivity contribution is 0.0510. The fourth-order valence-electron chi connectivity index (χ4n) is 5.18. The lowest BCUT2D eigenvalue weighted by Crippen LogP contribution is -2.40. The molecule has 0 spiro atoms. The lowest BCUT2D eigenvalue weighted by atomic mass is 9.99. The monoisotopic (exact) mass is 432 g/mol. The molecule has 0 bridgehead atoms. The Morgan fingerprint density at radius 2 is 2.10 bits per heavy atom. The number of carbonyl (C=O) groups is 1. The molecule has 6 nitrogen and oxygen atoms in total. The van der Waals surface area contributed by atoms with E-state index in [2.05, 4.69) is 15.2 Å². The normalized spacial score (nSPS) is 29.1. The minimum Gasteiger partial charge on any atom is -0.397 e. The third kappa shape index (κ3) is 3.43. The van der Waals surface area contributed by atoms with Gasteiger partial charge in [0, 0.05) is 56.3 Å². The van der Waals surface area contributed by atoms with E-state index in [1.54, 1.807) is 18.3 Å². The Morgan fingerprint density at radius 3 is 2.83 bits per heavy atom. The molecule has 1 amide bonds. The molecule has 2 aromatic rings. The molecule has 3 fully saturated rings. The largest absolute Gasteiger partial charge is 0.397 e. The molecule has 160 valence electrons. The molecule has 1 aromatic carbocycles. The van der Waals surface area contributed by atoms with Crippen LogP contribution in [-0.4, -0.2) is 60.9 Å². The van der Waals surface area contributed by atoms with Crippen LogP contribution in [0.15, 0.2) is 24.4 Å². The van der Waals surface area contributed by atoms with Crippen molar-refractivity contribution in [2.75, 3.05) is 45.1 Å². The molecule has 2 aliphatic heterocycles. The summed E-state index contributed by atoms with van der Waals surface area (Å²) >= 11 is 6.19. The van der Waals surface area contributed by atoms with Crippen LogP contribution in [0.25, 0.3) is 10.9 Å². The highest BCUT2D eigenvalue weighted by Crippen LogP contribution is 2.58. The molecule has 1 saturated carbocycles. The number of likely N-dealkylation sites (tertiary alicyclic amines) is 1. The highest BCUT2D eigenvalue weighted by atomic mass is 35.5. The number of nitrogens with one attached hydrogen (secondary N) is 1. The summed E-state index contributed by atoms with van der Waals surface area (Å²) in [6.07, 6.45) is 3.78. The molecule has 3 N–H and O–H groups in total. The highest BCUT2D eigenvalue weighted by molar-refractivity contribution is 6.35. The second kappa shape index (κ2) is 7.62. The van der Waals surface area contributed by atoms with E-state index in [0.717, 1.165) is 45.7 Å². The summed E-state index contributed by atoms with van der Waals surface area (Å²) in [4.78, 5) is 19.5. The average molecular weight is 433 g/mol. The van der Waals surface area contributed by atoms with E-state index < -0.39 is 5.67 Å². The first-order valence-electron chi connectivity index (χ1n) is 10.6. The Bertz CT molecular complexity index is 969. The predicted molar refractivity (Wildman–Crippen MR) is 114 cm³/mol. The second-order valence-electron chi connectivity index (χ2n) is 8.82. The molecule has 1 aliphatic carbocycles. The molecular formula is C22H26ClFN4O2. The first kappa shape index (κ1) is 20.0. The summed E-state index contributed by atoms with van der Waals surface area (Å²) in [6.45, 7) is 4.26. The van der Waals surface area contributed by atoms with Crippen molar-refractivity contribution >= 4 is 34.1 Å². The fourth-order valence-corrected chi connectivity index (χ4v) is 5.39. The van der Waals surface area contributed by atoms with Crippen molar-refractivity contribution < 1.29 is 13.9 Å². The zero-order chi connectivity index (χ0) is 20.9. The number of fused-ring (bicyclic) bond motifs is 2. The van der Waals surface area contributed by atoms with Crippen LogP contribution < -0.4 is 11.1 Å². The Morgan fingerprint density at radius 1 is 1.37 bits per heavy atom. The Balaban J connectivity index is 1.20. The molecule has 2 saturated heterocycles. The molecule has 1 aromatic heterocycles. The maximum absolute atomic E-state index is 15.4. The first-order chi connectivity index (χ1) is 14.5. The molecule has 0 radical (unpaired) electrons. The van der Waals surface area contributed by atoms with Crippen LogP contribution in [0.5, 0.6) is 0 Å². The van der Waals surface area contributed by atoms with Gasteiger partial charge in [0.15, 0.2) is 0 Å². The van der Waals surface area contributed by atoms with Crippen LogP contribution in [0.3, 0.4) is 0 Å². The van der Waals surface area contributed by atoms with Crippen molar-refractivity contribution in [3.63, 3.8) is 0 Å². The maximum atomic E-state index is 15.4. The number of anilines is 1. The summed E-state index contributed by atoms with van der Waals surface area (Å²) in [5.74, 6) is 0.285. The standard InChI is InChI=1S/C22H26ClFN4O2/c23-18-8-15(20-14(19(18)25)2-1-5-26-20)21(29)27-12-22(24)16-10-28(11-17(16)22)9-13-3-6-30-7-4-13/h1-2,5,8,13,16-17H,3-4,6-7,9-12,25H2,(H,27,29). The van der Waals surface area contributed by atoms with Gasteiger partial charge in [0.1, 0.15) is 5.67 Å². The number of carbonyl (C=O) groups excluding carboxylic acids is 1. The molecule has 8 heteroatoms. The van der Waals surface area contributed by atoms with Crippen molar-refractivity contribution in [3.8, 4) is 0 Å². The van der Waals surface area contributed by atoms with Crippen LogP contribution in [0, 0.1) is 17.8 Å². The van der Waals surface area contributed by atoms with Crippen molar-refractivity contribution in [2.24, 2.45) is 17.8 Å². The maximum Gasteiger partial charge on any atom is 0.253 e. The van der Waals surface area contributed by atoms with Crippen LogP contribution in [0.2, 0.25) is 5.02 Å². The minimum atomic E-state index is -1.32. The zero-order valence-electron chi connectivity index (χ0n) is 16.7. The number of pyridine rings is 1. The van der Waals surface area contributed by atoms with Gasteiger partial charge in [-0.15, -0.1) is 0 Å². The van der Waals surface area contributed by atoms with Crippen LogP contribution in [0.4, 0.5) is 10.1 Å². The zero-order valence-corrected chi connectivity index (χ0v) is 17.5. The van der Waals surface area contributed by atoms with Gasteiger partial charge in [-0.25, -0.2) is 4.39 Å². The van der Waals surface area contributed by atoms with E-state index >= 15 is 4.39 Å². The van der Waals surface area contributed by atoms with Crippen molar-refractivity contribution in [1.82, 2.24) is 15.2 Å². The number of nitrogens with zero attached hydrogens (tertiary/aromatic N) is 2. The first-order valence-corrected chi connectivity index (χ1v) is 10.9. The van der Waals surface area contributed by atoms with Gasteiger partial charge in [-0.05, 0) is 37.0 Å². The van der Waals surface area contributed by atoms with Crippen LogP contribution in [0.1, 0.15) is 23.2 Å². The topological polar surface area (TPSA) is 80.5 Å². The number of nitrogens with two attached hydrogens (primary N) is 1. The number of hydrogen-bond acceptors (Lipinski definition) is 5. The number of halogens is 2. The summed E-state index contributed by atoms with van der Waals surface area (Å²) in [6, 6.07) is 5.02. The van der Waals surface area contributed by atoms with Gasteiger partial charge in [-0.2, -0.15) is 0 Å². The Kier molecular flexibility index (Phi) is 5.08. The number of rotatable bonds is 5. The third-order valence-electron chi connectivity index (χ3n) is 7.02. The molecule has 30 heavy (non-hydrogen) atoms. The van der Waals surface area contributed by atoms with E-state index in [9.17, 15) is 4.79 Å². The van der Waals surface area contributed by atoms with Crippen molar-refractivity contribution in [1.29, 1.82) is 0 Å². The van der Waals surface area contributed by atoms with Gasteiger partial charge in [-0.1, -0.05) is 11.6 Å². The predicted octanol–water partition coefficient (Wildman–Crippen LogP) is 2.90. The van der Waals surface area contributed by atoms with Gasteiger partial charge in [-0.3, -0.25) is 9.78 Å². The third-order valence-corrected chi connectivity index (χ3v) is 7.34. The number of hydrogen-bond donors (Lipinski definition) is 2. The summed E-state index contributed by atoms with van der Waals surface area (Å²) < 4.78 is 20.8. The molecule has 2 atom stereocenters. The quantitative estimate of drug-likeness (QED) is 0.710. The van der Waals surface area contributed by atoms with Crippen molar-refractivity contribution in [2.45, 2.75) is 18.5 Å². The second-order valence-corrected chi connectivity index (χ2v) is 9.22. The molecule has 3 heterocycles. The van der Waals surface area contributed by atoms with Crippen LogP contribution >= 0.6 is 11.6 Å². The minimum absolute atomic E-state index is 0.00233. The lowest BCUT2D eigenvalue weighted by Gasteiger charge is -2.29. The van der Waals surface area contributed by atoms with E-state index in [0.29, 0.717) is 33.1 Å².